The quantitative estimate of drug-likeness (QED) is 0.309. The van der Waals surface area contributed by atoms with E-state index in [1.807, 2.05) is 42.5 Å². The fraction of sp³-hybridized carbons (Fsp3) is 0.455. The van der Waals surface area contributed by atoms with Crippen LogP contribution in [0.3, 0.4) is 0 Å². The molecule has 3 aromatic rings. The molecule has 212 valence electrons. The van der Waals surface area contributed by atoms with Crippen molar-refractivity contribution in [2.75, 3.05) is 26.2 Å². The molecule has 3 heterocycles. The Morgan fingerprint density at radius 1 is 0.850 bits per heavy atom. The van der Waals surface area contributed by atoms with Gasteiger partial charge in [-0.2, -0.15) is 0 Å². The standard InChI is InChI=1S/C33H41N3O4/c37-31-30(26-39-25-28-15-8-4-9-16-28)34-32(38)33(36(31)24-29-17-11-23-40-29)18-21-35(22-19-33)20-10-2-1-5-12-27-13-6-3-7-14-27/h3-4,6-9,11,13-17,23,30H,1-2,5,10,12,18-22,24-26H2,(H,34,38). The van der Waals surface area contributed by atoms with Crippen LogP contribution in [0.25, 0.3) is 0 Å². The van der Waals surface area contributed by atoms with Gasteiger partial charge in [-0.15, -0.1) is 0 Å². The number of likely N-dealkylation sites (tertiary alicyclic amines) is 1. The van der Waals surface area contributed by atoms with Crippen molar-refractivity contribution in [1.82, 2.24) is 15.1 Å². The Morgan fingerprint density at radius 3 is 2.25 bits per heavy atom. The average Bonchev–Trinajstić information content (AvgIpc) is 3.51. The van der Waals surface area contributed by atoms with Crippen molar-refractivity contribution in [3.05, 3.63) is 95.9 Å². The molecular formula is C33H41N3O4. The highest BCUT2D eigenvalue weighted by molar-refractivity contribution is 6.00. The Morgan fingerprint density at radius 2 is 1.55 bits per heavy atom. The maximum Gasteiger partial charge on any atom is 0.248 e. The number of piperazine rings is 1. The SMILES string of the molecule is O=C1C(COCc2ccccc2)NC(=O)C2(CCN(CCCCCCc3ccccc3)CC2)N1Cc1ccco1. The van der Waals surface area contributed by atoms with Crippen LogP contribution in [0.15, 0.2) is 83.5 Å². The number of carbonyl (C=O) groups excluding carboxylic acids is 2. The first kappa shape index (κ1) is 28.1. The van der Waals surface area contributed by atoms with E-state index < -0.39 is 11.6 Å². The van der Waals surface area contributed by atoms with Crippen molar-refractivity contribution in [3.8, 4) is 0 Å². The number of amides is 2. The molecule has 2 amide bonds. The van der Waals surface area contributed by atoms with E-state index in [9.17, 15) is 9.59 Å². The Hall–Kier alpha value is -3.42. The fourth-order valence-electron chi connectivity index (χ4n) is 5.95. The second-order valence-corrected chi connectivity index (χ2v) is 11.1. The number of furan rings is 1. The summed E-state index contributed by atoms with van der Waals surface area (Å²) in [5.41, 5.74) is 1.59. The van der Waals surface area contributed by atoms with Crippen LogP contribution in [0, 0.1) is 0 Å². The maximum absolute atomic E-state index is 13.7. The Bertz CT molecular complexity index is 1190. The summed E-state index contributed by atoms with van der Waals surface area (Å²) in [7, 11) is 0. The summed E-state index contributed by atoms with van der Waals surface area (Å²) >= 11 is 0. The molecule has 0 radical (unpaired) electrons. The average molecular weight is 544 g/mol. The molecule has 0 saturated carbocycles. The van der Waals surface area contributed by atoms with Crippen LogP contribution in [-0.2, 0) is 33.9 Å². The van der Waals surface area contributed by atoms with Crippen LogP contribution in [0.1, 0.15) is 55.4 Å². The van der Waals surface area contributed by atoms with Crippen LogP contribution in [0.2, 0.25) is 0 Å². The van der Waals surface area contributed by atoms with Crippen LogP contribution in [-0.4, -0.2) is 59.4 Å². The number of carbonyl (C=O) groups is 2. The third-order valence-corrected chi connectivity index (χ3v) is 8.31. The van der Waals surface area contributed by atoms with Crippen molar-refractivity contribution >= 4 is 11.8 Å². The molecule has 0 aliphatic carbocycles. The minimum absolute atomic E-state index is 0.0764. The third-order valence-electron chi connectivity index (χ3n) is 8.31. The second kappa shape index (κ2) is 13.8. The van der Waals surface area contributed by atoms with E-state index >= 15 is 0 Å². The number of benzene rings is 2. The first-order chi connectivity index (χ1) is 19.6. The van der Waals surface area contributed by atoms with Crippen molar-refractivity contribution in [2.24, 2.45) is 0 Å². The number of rotatable bonds is 13. The van der Waals surface area contributed by atoms with Gasteiger partial charge in [0.2, 0.25) is 11.8 Å². The van der Waals surface area contributed by atoms with E-state index in [2.05, 4.69) is 40.5 Å². The normalized spacial score (nSPS) is 19.2. The van der Waals surface area contributed by atoms with Crippen LogP contribution < -0.4 is 5.32 Å². The minimum Gasteiger partial charge on any atom is -0.467 e. The smallest absolute Gasteiger partial charge is 0.248 e. The monoisotopic (exact) mass is 543 g/mol. The fourth-order valence-corrected chi connectivity index (χ4v) is 5.95. The second-order valence-electron chi connectivity index (χ2n) is 11.1. The van der Waals surface area contributed by atoms with E-state index in [1.165, 1.54) is 24.8 Å². The number of ether oxygens (including phenoxy) is 1. The number of nitrogens with one attached hydrogen (secondary N) is 1. The molecular weight excluding hydrogens is 502 g/mol. The molecule has 1 atom stereocenters. The third kappa shape index (κ3) is 7.01. The summed E-state index contributed by atoms with van der Waals surface area (Å²) in [5, 5.41) is 3.01. The molecule has 5 rings (SSSR count). The van der Waals surface area contributed by atoms with Crippen molar-refractivity contribution < 1.29 is 18.7 Å². The summed E-state index contributed by atoms with van der Waals surface area (Å²) < 4.78 is 11.5. The van der Waals surface area contributed by atoms with Crippen molar-refractivity contribution in [2.45, 2.75) is 69.7 Å². The Kier molecular flexibility index (Phi) is 9.68. The summed E-state index contributed by atoms with van der Waals surface area (Å²) in [4.78, 5) is 31.6. The van der Waals surface area contributed by atoms with Crippen LogP contribution in [0.4, 0.5) is 0 Å². The Labute approximate surface area is 237 Å². The summed E-state index contributed by atoms with van der Waals surface area (Å²) in [6, 6.07) is 23.5. The van der Waals surface area contributed by atoms with E-state index in [4.69, 9.17) is 9.15 Å². The number of piperidine rings is 1. The van der Waals surface area contributed by atoms with Gasteiger partial charge < -0.3 is 24.3 Å². The molecule has 2 saturated heterocycles. The highest BCUT2D eigenvalue weighted by atomic mass is 16.5. The predicted molar refractivity (Wildman–Crippen MR) is 154 cm³/mol. The molecule has 1 spiro atoms. The first-order valence-electron chi connectivity index (χ1n) is 14.7. The largest absolute Gasteiger partial charge is 0.467 e. The van der Waals surface area contributed by atoms with Crippen molar-refractivity contribution in [3.63, 3.8) is 0 Å². The van der Waals surface area contributed by atoms with Crippen LogP contribution in [0.5, 0.6) is 0 Å². The van der Waals surface area contributed by atoms with E-state index in [0.717, 1.165) is 38.0 Å². The molecule has 1 N–H and O–H groups in total. The van der Waals surface area contributed by atoms with Crippen LogP contribution >= 0.6 is 0 Å². The zero-order valence-electron chi connectivity index (χ0n) is 23.3. The molecule has 2 fully saturated rings. The summed E-state index contributed by atoms with van der Waals surface area (Å²) in [6.07, 6.45) is 8.81. The lowest BCUT2D eigenvalue weighted by atomic mass is 9.81. The van der Waals surface area contributed by atoms with E-state index in [0.29, 0.717) is 25.2 Å². The van der Waals surface area contributed by atoms with Gasteiger partial charge in [0.25, 0.3) is 0 Å². The zero-order valence-corrected chi connectivity index (χ0v) is 23.3. The zero-order chi connectivity index (χ0) is 27.6. The lowest BCUT2D eigenvalue weighted by molar-refractivity contribution is -0.164. The number of nitrogens with zero attached hydrogens (tertiary/aromatic N) is 2. The van der Waals surface area contributed by atoms with E-state index in [1.54, 1.807) is 11.2 Å². The van der Waals surface area contributed by atoms with Gasteiger partial charge in [-0.25, -0.2) is 0 Å². The topological polar surface area (TPSA) is 75.0 Å². The predicted octanol–water partition coefficient (Wildman–Crippen LogP) is 4.96. The molecule has 40 heavy (non-hydrogen) atoms. The molecule has 1 unspecified atom stereocenters. The van der Waals surface area contributed by atoms with E-state index in [-0.39, 0.29) is 25.0 Å². The molecule has 2 aromatic carbocycles. The van der Waals surface area contributed by atoms with Gasteiger partial charge in [0.1, 0.15) is 17.3 Å². The van der Waals surface area contributed by atoms with Gasteiger partial charge in [0, 0.05) is 13.1 Å². The maximum atomic E-state index is 13.7. The van der Waals surface area contributed by atoms with Gasteiger partial charge in [-0.1, -0.05) is 73.5 Å². The number of aryl methyl sites for hydroxylation is 1. The molecule has 7 nitrogen and oxygen atoms in total. The number of hydrogen-bond donors (Lipinski definition) is 1. The lowest BCUT2D eigenvalue weighted by Crippen LogP contribution is -2.73. The van der Waals surface area contributed by atoms with Gasteiger partial charge in [-0.3, -0.25) is 9.59 Å². The molecule has 0 bridgehead atoms. The highest BCUT2D eigenvalue weighted by Crippen LogP contribution is 2.34. The molecule has 7 heteroatoms. The first-order valence-corrected chi connectivity index (χ1v) is 14.7. The summed E-state index contributed by atoms with van der Waals surface area (Å²) in [6.45, 7) is 3.45. The number of hydrogen-bond acceptors (Lipinski definition) is 5. The summed E-state index contributed by atoms with van der Waals surface area (Å²) in [5.74, 6) is 0.507. The van der Waals surface area contributed by atoms with Gasteiger partial charge in [0.05, 0.1) is 26.0 Å². The minimum atomic E-state index is -0.855. The molecule has 2 aliphatic heterocycles. The lowest BCUT2D eigenvalue weighted by Gasteiger charge is -2.51. The van der Waals surface area contributed by atoms with Gasteiger partial charge in [0.15, 0.2) is 0 Å². The van der Waals surface area contributed by atoms with Gasteiger partial charge in [-0.05, 0) is 61.9 Å². The van der Waals surface area contributed by atoms with Gasteiger partial charge >= 0.3 is 0 Å². The molecule has 2 aliphatic rings. The highest BCUT2D eigenvalue weighted by Gasteiger charge is 2.53. The molecule has 1 aromatic heterocycles. The van der Waals surface area contributed by atoms with Crippen molar-refractivity contribution in [1.29, 1.82) is 0 Å². The number of unbranched alkanes of at least 4 members (excludes halogenated alkanes) is 3. The Balaban J connectivity index is 1.13.